The van der Waals surface area contributed by atoms with Crippen LogP contribution in [0, 0.1) is 0 Å². The van der Waals surface area contributed by atoms with E-state index in [9.17, 15) is 4.79 Å². The topological polar surface area (TPSA) is 44.8 Å². The van der Waals surface area contributed by atoms with Gasteiger partial charge in [0, 0.05) is 0 Å². The zero-order valence-corrected chi connectivity index (χ0v) is 22.2. The molecule has 4 heteroatoms. The van der Waals surface area contributed by atoms with Gasteiger partial charge >= 0.3 is 5.97 Å². The van der Waals surface area contributed by atoms with Gasteiger partial charge in [-0.05, 0) is 48.6 Å². The average molecular weight is 483 g/mol. The van der Waals surface area contributed by atoms with E-state index in [-0.39, 0.29) is 6.10 Å². The number of unbranched alkanes of at least 4 members (excludes halogenated alkanes) is 9. The minimum absolute atomic E-state index is 0.0761. The number of carbonyl (C=O) groups excluding carboxylic acids is 1. The Labute approximate surface area is 213 Å². The number of hydrogen-bond donors (Lipinski definition) is 0. The lowest BCUT2D eigenvalue weighted by Crippen LogP contribution is -2.16. The summed E-state index contributed by atoms with van der Waals surface area (Å²) in [5.41, 5.74) is 2.22. The van der Waals surface area contributed by atoms with Gasteiger partial charge < -0.3 is 4.74 Å². The summed E-state index contributed by atoms with van der Waals surface area (Å²) in [6.07, 6.45) is 15.6. The third kappa shape index (κ3) is 11.3. The van der Waals surface area contributed by atoms with Crippen LogP contribution in [0.5, 0.6) is 5.75 Å². The van der Waals surface area contributed by atoms with Crippen molar-refractivity contribution < 1.29 is 19.3 Å². The highest BCUT2D eigenvalue weighted by atomic mass is 17.2. The molecular weight excluding hydrogens is 436 g/mol. The van der Waals surface area contributed by atoms with Crippen LogP contribution in [0.15, 0.2) is 48.5 Å². The van der Waals surface area contributed by atoms with Crippen molar-refractivity contribution in [3.8, 4) is 16.9 Å². The van der Waals surface area contributed by atoms with Gasteiger partial charge in [0.05, 0.1) is 12.2 Å². The van der Waals surface area contributed by atoms with E-state index in [1.807, 2.05) is 49.4 Å². The summed E-state index contributed by atoms with van der Waals surface area (Å²) in [4.78, 5) is 23.5. The maximum absolute atomic E-state index is 12.8. The Morgan fingerprint density at radius 2 is 1.43 bits per heavy atom. The van der Waals surface area contributed by atoms with Gasteiger partial charge in [-0.2, -0.15) is 4.89 Å². The van der Waals surface area contributed by atoms with Crippen LogP contribution in [0.4, 0.5) is 0 Å². The average Bonchev–Trinajstić information content (AvgIpc) is 2.90. The SMILES string of the molecule is CCCCCCCCCCCCOc1ccc(C(=O)OOC(CC)CCC)c(-c2ccccc2)c1. The Balaban J connectivity index is 1.87. The number of benzene rings is 2. The minimum atomic E-state index is -0.473. The highest BCUT2D eigenvalue weighted by molar-refractivity contribution is 5.97. The van der Waals surface area contributed by atoms with E-state index >= 15 is 0 Å². The van der Waals surface area contributed by atoms with E-state index in [0.717, 1.165) is 42.6 Å². The molecule has 0 fully saturated rings. The fourth-order valence-electron chi connectivity index (χ4n) is 4.23. The first-order valence-corrected chi connectivity index (χ1v) is 13.9. The third-order valence-corrected chi connectivity index (χ3v) is 6.39. The van der Waals surface area contributed by atoms with Gasteiger partial charge in [0.1, 0.15) is 11.9 Å². The van der Waals surface area contributed by atoms with Crippen LogP contribution in [-0.4, -0.2) is 18.7 Å². The van der Waals surface area contributed by atoms with Crippen molar-refractivity contribution in [1.29, 1.82) is 0 Å². The molecule has 0 saturated heterocycles. The Bertz CT molecular complexity index is 818. The van der Waals surface area contributed by atoms with Crippen molar-refractivity contribution in [2.24, 2.45) is 0 Å². The summed E-state index contributed by atoms with van der Waals surface area (Å²) in [7, 11) is 0. The van der Waals surface area contributed by atoms with E-state index < -0.39 is 5.97 Å². The molecule has 2 aromatic carbocycles. The molecule has 4 nitrogen and oxygen atoms in total. The Kier molecular flexibility index (Phi) is 14.9. The Morgan fingerprint density at radius 3 is 2.06 bits per heavy atom. The lowest BCUT2D eigenvalue weighted by Gasteiger charge is -2.15. The number of hydrogen-bond acceptors (Lipinski definition) is 4. The summed E-state index contributed by atoms with van der Waals surface area (Å²) in [5.74, 6) is 0.300. The highest BCUT2D eigenvalue weighted by Crippen LogP contribution is 2.29. The van der Waals surface area contributed by atoms with Gasteiger partial charge in [0.2, 0.25) is 0 Å². The molecule has 0 saturated carbocycles. The van der Waals surface area contributed by atoms with Crippen molar-refractivity contribution in [3.05, 3.63) is 54.1 Å². The van der Waals surface area contributed by atoms with E-state index in [2.05, 4.69) is 13.8 Å². The summed E-state index contributed by atoms with van der Waals surface area (Å²) in [5, 5.41) is 0. The predicted octanol–water partition coefficient (Wildman–Crippen LogP) is 9.32. The quantitative estimate of drug-likeness (QED) is 0.114. The predicted molar refractivity (Wildman–Crippen MR) is 145 cm³/mol. The van der Waals surface area contributed by atoms with Crippen molar-refractivity contribution in [2.75, 3.05) is 6.61 Å². The molecule has 0 N–H and O–H groups in total. The largest absolute Gasteiger partial charge is 0.494 e. The molecule has 0 aromatic heterocycles. The summed E-state index contributed by atoms with van der Waals surface area (Å²) >= 11 is 0. The lowest BCUT2D eigenvalue weighted by atomic mass is 9.99. The second-order valence-corrected chi connectivity index (χ2v) is 9.39. The standard InChI is InChI=1S/C31H46O4/c1-4-7-8-9-10-11-12-13-14-18-24-33-28-22-23-29(30(25-28)26-20-16-15-17-21-26)31(32)35-34-27(6-3)19-5-2/h15-17,20-23,25,27H,4-14,18-19,24H2,1-3H3. The van der Waals surface area contributed by atoms with Gasteiger partial charge in [-0.15, -0.1) is 0 Å². The van der Waals surface area contributed by atoms with Crippen LogP contribution in [0.25, 0.3) is 11.1 Å². The van der Waals surface area contributed by atoms with E-state index in [0.29, 0.717) is 12.2 Å². The first kappa shape index (κ1) is 28.9. The van der Waals surface area contributed by atoms with Crippen LogP contribution < -0.4 is 4.74 Å². The van der Waals surface area contributed by atoms with Gasteiger partial charge in [0.25, 0.3) is 0 Å². The fraction of sp³-hybridized carbons (Fsp3) is 0.581. The van der Waals surface area contributed by atoms with E-state index in [1.54, 1.807) is 6.07 Å². The molecule has 0 aliphatic carbocycles. The zero-order valence-electron chi connectivity index (χ0n) is 22.2. The molecule has 2 aromatic rings. The molecule has 0 aliphatic rings. The maximum atomic E-state index is 12.8. The lowest BCUT2D eigenvalue weighted by molar-refractivity contribution is -0.276. The second kappa shape index (κ2) is 18.0. The van der Waals surface area contributed by atoms with Gasteiger partial charge in [-0.1, -0.05) is 115 Å². The van der Waals surface area contributed by atoms with Crippen LogP contribution in [0.3, 0.4) is 0 Å². The molecule has 0 aliphatic heterocycles. The van der Waals surface area contributed by atoms with Crippen LogP contribution >= 0.6 is 0 Å². The summed E-state index contributed by atoms with van der Waals surface area (Å²) < 4.78 is 6.04. The number of ether oxygens (including phenoxy) is 1. The van der Waals surface area contributed by atoms with Crippen molar-refractivity contribution in [3.63, 3.8) is 0 Å². The van der Waals surface area contributed by atoms with Crippen LogP contribution in [0.1, 0.15) is 115 Å². The zero-order chi connectivity index (χ0) is 25.1. The molecule has 1 unspecified atom stereocenters. The molecule has 0 radical (unpaired) electrons. The molecular formula is C31H46O4. The molecule has 2 rings (SSSR count). The van der Waals surface area contributed by atoms with Gasteiger partial charge in [0.15, 0.2) is 0 Å². The Morgan fingerprint density at radius 1 is 0.771 bits per heavy atom. The summed E-state index contributed by atoms with van der Waals surface area (Å²) in [6, 6.07) is 15.4. The van der Waals surface area contributed by atoms with Crippen molar-refractivity contribution >= 4 is 5.97 Å². The first-order chi connectivity index (χ1) is 17.2. The molecule has 0 spiro atoms. The van der Waals surface area contributed by atoms with E-state index in [1.165, 1.54) is 57.8 Å². The molecule has 0 amide bonds. The molecule has 194 valence electrons. The minimum Gasteiger partial charge on any atom is -0.494 e. The molecule has 1 atom stereocenters. The van der Waals surface area contributed by atoms with Crippen LogP contribution in [-0.2, 0) is 9.78 Å². The molecule has 35 heavy (non-hydrogen) atoms. The fourth-order valence-corrected chi connectivity index (χ4v) is 4.23. The smallest absolute Gasteiger partial charge is 0.373 e. The normalized spacial score (nSPS) is 11.9. The first-order valence-electron chi connectivity index (χ1n) is 13.9. The van der Waals surface area contributed by atoms with Crippen molar-refractivity contribution in [1.82, 2.24) is 0 Å². The van der Waals surface area contributed by atoms with E-state index in [4.69, 9.17) is 14.5 Å². The van der Waals surface area contributed by atoms with Crippen LogP contribution in [0.2, 0.25) is 0 Å². The maximum Gasteiger partial charge on any atom is 0.373 e. The second-order valence-electron chi connectivity index (χ2n) is 9.39. The van der Waals surface area contributed by atoms with Crippen molar-refractivity contribution in [2.45, 2.75) is 110 Å². The van der Waals surface area contributed by atoms with Gasteiger partial charge in [-0.25, -0.2) is 4.79 Å². The highest BCUT2D eigenvalue weighted by Gasteiger charge is 2.18. The van der Waals surface area contributed by atoms with Gasteiger partial charge in [-0.3, -0.25) is 4.89 Å². The summed E-state index contributed by atoms with van der Waals surface area (Å²) in [6.45, 7) is 7.08. The number of rotatable bonds is 19. The third-order valence-electron chi connectivity index (χ3n) is 6.39. The molecule has 0 bridgehead atoms. The number of carbonyl (C=O) groups is 1. The monoisotopic (exact) mass is 482 g/mol. The molecule has 0 heterocycles. The Hall–Kier alpha value is -2.33.